The highest BCUT2D eigenvalue weighted by molar-refractivity contribution is 7.14. The summed E-state index contributed by atoms with van der Waals surface area (Å²) in [6.07, 6.45) is 6.24. The fraction of sp³-hybridized carbons (Fsp3) is 0.737. The Hall–Kier alpha value is -1.27. The monoisotopic (exact) mass is 363 g/mol. The van der Waals surface area contributed by atoms with Gasteiger partial charge in [-0.1, -0.05) is 6.92 Å². The van der Waals surface area contributed by atoms with E-state index in [1.54, 1.807) is 0 Å². The van der Waals surface area contributed by atoms with Gasteiger partial charge in [-0.3, -0.25) is 9.89 Å². The average Bonchev–Trinajstić information content (AvgIpc) is 3.36. The summed E-state index contributed by atoms with van der Waals surface area (Å²) in [5, 5.41) is 10.8. The Morgan fingerprint density at radius 1 is 1.28 bits per heavy atom. The summed E-state index contributed by atoms with van der Waals surface area (Å²) < 4.78 is 0. The molecule has 0 spiro atoms. The number of hydrogen-bond acceptors (Lipinski definition) is 4. The van der Waals surface area contributed by atoms with Gasteiger partial charge in [-0.15, -0.1) is 11.3 Å². The molecule has 2 saturated heterocycles. The van der Waals surface area contributed by atoms with Gasteiger partial charge in [0.25, 0.3) is 0 Å². The lowest BCUT2D eigenvalue weighted by Gasteiger charge is -2.34. The van der Waals surface area contributed by atoms with Crippen LogP contribution in [0.4, 0.5) is 5.00 Å². The predicted molar refractivity (Wildman–Crippen MR) is 109 cm³/mol. The zero-order valence-corrected chi connectivity index (χ0v) is 16.5. The number of hydrogen-bond donors (Lipinski definition) is 2. The van der Waals surface area contributed by atoms with Crippen LogP contribution in [0.5, 0.6) is 0 Å². The Kier molecular flexibility index (Phi) is 6.99. The molecule has 6 heteroatoms. The van der Waals surface area contributed by atoms with Crippen molar-refractivity contribution >= 4 is 22.3 Å². The summed E-state index contributed by atoms with van der Waals surface area (Å²) in [5.74, 6) is 0.965. The molecule has 0 amide bonds. The summed E-state index contributed by atoms with van der Waals surface area (Å²) in [4.78, 5) is 9.57. The van der Waals surface area contributed by atoms with E-state index in [4.69, 9.17) is 0 Å². The second kappa shape index (κ2) is 9.43. The van der Waals surface area contributed by atoms with Gasteiger partial charge in [0.05, 0.1) is 5.00 Å². The first-order valence-electron chi connectivity index (χ1n) is 9.80. The van der Waals surface area contributed by atoms with E-state index >= 15 is 0 Å². The Labute approximate surface area is 156 Å². The van der Waals surface area contributed by atoms with Gasteiger partial charge in [-0.2, -0.15) is 0 Å². The minimum atomic E-state index is 0.522. The summed E-state index contributed by atoms with van der Waals surface area (Å²) in [5.41, 5.74) is 0. The van der Waals surface area contributed by atoms with Gasteiger partial charge in [0, 0.05) is 38.8 Å². The maximum atomic E-state index is 4.45. The van der Waals surface area contributed by atoms with Crippen LogP contribution in [0.3, 0.4) is 0 Å². The molecule has 25 heavy (non-hydrogen) atoms. The molecule has 0 aromatic carbocycles. The quantitative estimate of drug-likeness (QED) is 0.602. The summed E-state index contributed by atoms with van der Waals surface area (Å²) >= 11 is 1.84. The lowest BCUT2D eigenvalue weighted by molar-refractivity contribution is 0.236. The van der Waals surface area contributed by atoms with Crippen molar-refractivity contribution in [3.63, 3.8) is 0 Å². The number of piperidine rings is 1. The number of thiophene rings is 1. The zero-order chi connectivity index (χ0) is 17.5. The molecule has 5 nitrogen and oxygen atoms in total. The lowest BCUT2D eigenvalue weighted by atomic mass is 10.1. The van der Waals surface area contributed by atoms with Crippen molar-refractivity contribution in [2.24, 2.45) is 4.99 Å². The molecule has 2 N–H and O–H groups in total. The van der Waals surface area contributed by atoms with E-state index < -0.39 is 0 Å². The van der Waals surface area contributed by atoms with Crippen molar-refractivity contribution in [3.05, 3.63) is 17.5 Å². The first kappa shape index (κ1) is 18.5. The first-order valence-corrected chi connectivity index (χ1v) is 10.7. The highest BCUT2D eigenvalue weighted by Crippen LogP contribution is 2.24. The lowest BCUT2D eigenvalue weighted by Crippen LogP contribution is -2.51. The van der Waals surface area contributed by atoms with Crippen molar-refractivity contribution in [3.8, 4) is 0 Å². The largest absolute Gasteiger partial charge is 0.363 e. The van der Waals surface area contributed by atoms with Gasteiger partial charge in [-0.05, 0) is 62.7 Å². The van der Waals surface area contributed by atoms with Gasteiger partial charge >= 0.3 is 0 Å². The molecule has 2 fully saturated rings. The van der Waals surface area contributed by atoms with E-state index in [1.165, 1.54) is 50.2 Å². The third-order valence-corrected chi connectivity index (χ3v) is 6.44. The van der Waals surface area contributed by atoms with Gasteiger partial charge in [0.2, 0.25) is 0 Å². The van der Waals surface area contributed by atoms with Crippen molar-refractivity contribution in [1.82, 2.24) is 15.5 Å². The molecular formula is C19H33N5S. The van der Waals surface area contributed by atoms with E-state index in [1.807, 2.05) is 18.4 Å². The third kappa shape index (κ3) is 5.11. The minimum Gasteiger partial charge on any atom is -0.363 e. The van der Waals surface area contributed by atoms with Crippen molar-refractivity contribution in [2.45, 2.75) is 51.1 Å². The van der Waals surface area contributed by atoms with Crippen LogP contribution in [0.15, 0.2) is 22.5 Å². The fourth-order valence-electron chi connectivity index (χ4n) is 3.93. The molecule has 0 aliphatic carbocycles. The maximum absolute atomic E-state index is 4.45. The highest BCUT2D eigenvalue weighted by Gasteiger charge is 2.22. The molecule has 1 aromatic rings. The molecule has 0 saturated carbocycles. The third-order valence-electron chi connectivity index (χ3n) is 5.51. The van der Waals surface area contributed by atoms with E-state index in [0.29, 0.717) is 12.1 Å². The highest BCUT2D eigenvalue weighted by atomic mass is 32.1. The van der Waals surface area contributed by atoms with Crippen LogP contribution in [0.2, 0.25) is 0 Å². The predicted octanol–water partition coefficient (Wildman–Crippen LogP) is 2.76. The van der Waals surface area contributed by atoms with E-state index in [0.717, 1.165) is 25.6 Å². The summed E-state index contributed by atoms with van der Waals surface area (Å²) in [6.45, 7) is 8.05. The van der Waals surface area contributed by atoms with Crippen molar-refractivity contribution in [2.75, 3.05) is 44.7 Å². The molecule has 2 aliphatic heterocycles. The molecule has 0 radical (unpaired) electrons. The summed E-state index contributed by atoms with van der Waals surface area (Å²) in [7, 11) is 1.88. The molecule has 1 aromatic heterocycles. The number of anilines is 1. The SMILES string of the molecule is CCC(CNC(=NC)NC1CCN(c2cccs2)CC1)N1CCCC1. The molecule has 3 rings (SSSR count). The molecule has 1 unspecified atom stereocenters. The molecule has 1 atom stereocenters. The van der Waals surface area contributed by atoms with Crippen LogP contribution in [0, 0.1) is 0 Å². The van der Waals surface area contributed by atoms with Gasteiger partial charge < -0.3 is 15.5 Å². The number of guanidine groups is 1. The van der Waals surface area contributed by atoms with Gasteiger partial charge in [-0.25, -0.2) is 0 Å². The second-order valence-electron chi connectivity index (χ2n) is 7.12. The topological polar surface area (TPSA) is 42.9 Å². The maximum Gasteiger partial charge on any atom is 0.191 e. The smallest absolute Gasteiger partial charge is 0.191 e. The fourth-order valence-corrected chi connectivity index (χ4v) is 4.72. The van der Waals surface area contributed by atoms with E-state index in [2.05, 4.69) is 49.9 Å². The van der Waals surface area contributed by atoms with Crippen LogP contribution < -0.4 is 15.5 Å². The normalized spacial score (nSPS) is 21.5. The Bertz CT molecular complexity index is 516. The molecule has 140 valence electrons. The first-order chi connectivity index (χ1) is 12.3. The van der Waals surface area contributed by atoms with Crippen LogP contribution in [0.25, 0.3) is 0 Å². The molecular weight excluding hydrogens is 330 g/mol. The Balaban J connectivity index is 1.41. The Morgan fingerprint density at radius 3 is 2.64 bits per heavy atom. The van der Waals surface area contributed by atoms with Crippen molar-refractivity contribution in [1.29, 1.82) is 0 Å². The number of nitrogens with one attached hydrogen (secondary N) is 2. The molecule has 3 heterocycles. The standard InChI is InChI=1S/C19H33N5S/c1-3-17(23-10-4-5-11-23)15-21-19(20-2)22-16-8-12-24(13-9-16)18-7-6-14-25-18/h6-7,14,16-17H,3-5,8-13,15H2,1-2H3,(H2,20,21,22). The zero-order valence-electron chi connectivity index (χ0n) is 15.7. The van der Waals surface area contributed by atoms with Gasteiger partial charge in [0.15, 0.2) is 5.96 Å². The number of likely N-dealkylation sites (tertiary alicyclic amines) is 1. The van der Waals surface area contributed by atoms with Crippen LogP contribution in [0.1, 0.15) is 39.0 Å². The number of rotatable bonds is 6. The average molecular weight is 364 g/mol. The van der Waals surface area contributed by atoms with Gasteiger partial charge in [0.1, 0.15) is 0 Å². The number of nitrogens with zero attached hydrogens (tertiary/aromatic N) is 3. The molecule has 2 aliphatic rings. The van der Waals surface area contributed by atoms with Crippen LogP contribution in [-0.2, 0) is 0 Å². The number of aliphatic imine (C=N–C) groups is 1. The summed E-state index contributed by atoms with van der Waals surface area (Å²) in [6, 6.07) is 5.51. The van der Waals surface area contributed by atoms with Crippen LogP contribution in [-0.4, -0.2) is 62.7 Å². The van der Waals surface area contributed by atoms with Crippen LogP contribution >= 0.6 is 11.3 Å². The molecule has 0 bridgehead atoms. The van der Waals surface area contributed by atoms with E-state index in [9.17, 15) is 0 Å². The second-order valence-corrected chi connectivity index (χ2v) is 8.04. The van der Waals surface area contributed by atoms with Crippen molar-refractivity contribution < 1.29 is 0 Å². The Morgan fingerprint density at radius 2 is 2.04 bits per heavy atom. The minimum absolute atomic E-state index is 0.522. The van der Waals surface area contributed by atoms with E-state index in [-0.39, 0.29) is 0 Å².